The first-order valence-corrected chi connectivity index (χ1v) is 11.5. The molecule has 2 aliphatic heterocycles. The standard InChI is InChI=1S/C24H19ClF5N3O3/c25-17-8-15(3-4-16(17)24(28,29)30)36-22-18(26)6-14(7-19(22)27)12-35-20-9-21-32-5-1-2-13(10-32)11-33(21)23(34)31-20/h3-4,6-9,13H,1-2,5,10-12H2. The number of ether oxygens (including phenoxy) is 2. The Morgan fingerprint density at radius 2 is 1.83 bits per heavy atom. The lowest BCUT2D eigenvalue weighted by molar-refractivity contribution is -0.137. The van der Waals surface area contributed by atoms with Crippen molar-refractivity contribution in [3.8, 4) is 17.4 Å². The van der Waals surface area contributed by atoms with Crippen molar-refractivity contribution in [2.75, 3.05) is 18.0 Å². The van der Waals surface area contributed by atoms with E-state index in [1.54, 1.807) is 10.6 Å². The predicted octanol–water partition coefficient (Wildman–Crippen LogP) is 5.80. The molecule has 5 rings (SSSR count). The van der Waals surface area contributed by atoms with Crippen molar-refractivity contribution in [3.63, 3.8) is 0 Å². The molecule has 1 aromatic heterocycles. The third kappa shape index (κ3) is 4.84. The van der Waals surface area contributed by atoms with Gasteiger partial charge in [-0.3, -0.25) is 4.57 Å². The van der Waals surface area contributed by atoms with Gasteiger partial charge in [-0.1, -0.05) is 11.6 Å². The summed E-state index contributed by atoms with van der Waals surface area (Å²) in [7, 11) is 0. The number of alkyl halides is 3. The van der Waals surface area contributed by atoms with Crippen molar-refractivity contribution in [1.29, 1.82) is 0 Å². The van der Waals surface area contributed by atoms with Gasteiger partial charge in [0.2, 0.25) is 5.88 Å². The molecule has 190 valence electrons. The van der Waals surface area contributed by atoms with Crippen LogP contribution in [0.5, 0.6) is 17.4 Å². The van der Waals surface area contributed by atoms with E-state index >= 15 is 0 Å². The van der Waals surface area contributed by atoms with E-state index < -0.39 is 39.8 Å². The SMILES string of the molecule is O=c1nc(OCc2cc(F)c(Oc3ccc(C(F)(F)F)c(Cl)c3)c(F)c2)cc2n1CC1CCCN2C1. The van der Waals surface area contributed by atoms with Crippen molar-refractivity contribution in [1.82, 2.24) is 9.55 Å². The van der Waals surface area contributed by atoms with Gasteiger partial charge >= 0.3 is 11.9 Å². The number of benzene rings is 2. The molecule has 1 unspecified atom stereocenters. The number of fused-ring (bicyclic) bond motifs is 4. The van der Waals surface area contributed by atoms with Gasteiger partial charge in [0.05, 0.1) is 10.6 Å². The van der Waals surface area contributed by atoms with Crippen molar-refractivity contribution < 1.29 is 31.4 Å². The van der Waals surface area contributed by atoms with E-state index in [2.05, 4.69) is 9.88 Å². The lowest BCUT2D eigenvalue weighted by Crippen LogP contribution is -2.46. The molecule has 3 aromatic rings. The summed E-state index contributed by atoms with van der Waals surface area (Å²) >= 11 is 5.63. The average Bonchev–Trinajstić information content (AvgIpc) is 2.80. The Kier molecular flexibility index (Phi) is 6.27. The van der Waals surface area contributed by atoms with Crippen LogP contribution in [0.2, 0.25) is 5.02 Å². The van der Waals surface area contributed by atoms with E-state index in [1.807, 2.05) is 0 Å². The Balaban J connectivity index is 1.31. The first-order valence-electron chi connectivity index (χ1n) is 11.1. The Hall–Kier alpha value is -3.34. The fourth-order valence-electron chi connectivity index (χ4n) is 4.52. The summed E-state index contributed by atoms with van der Waals surface area (Å²) in [6.45, 7) is 1.99. The largest absolute Gasteiger partial charge is 0.473 e. The molecular formula is C24H19ClF5N3O3. The van der Waals surface area contributed by atoms with E-state index in [0.29, 0.717) is 24.3 Å². The predicted molar refractivity (Wildman–Crippen MR) is 121 cm³/mol. The van der Waals surface area contributed by atoms with Gasteiger partial charge in [0.1, 0.15) is 18.2 Å². The van der Waals surface area contributed by atoms with Crippen molar-refractivity contribution in [3.05, 3.63) is 74.7 Å². The summed E-state index contributed by atoms with van der Waals surface area (Å²) in [6, 6.07) is 5.96. The third-order valence-electron chi connectivity index (χ3n) is 6.16. The summed E-state index contributed by atoms with van der Waals surface area (Å²) in [4.78, 5) is 18.5. The normalized spacial score (nSPS) is 17.1. The van der Waals surface area contributed by atoms with Gasteiger partial charge < -0.3 is 14.4 Å². The molecule has 2 aromatic carbocycles. The minimum atomic E-state index is -4.68. The topological polar surface area (TPSA) is 56.6 Å². The Bertz CT molecular complexity index is 1360. The highest BCUT2D eigenvalue weighted by atomic mass is 35.5. The van der Waals surface area contributed by atoms with Gasteiger partial charge in [0.15, 0.2) is 17.4 Å². The fourth-order valence-corrected chi connectivity index (χ4v) is 4.80. The maximum Gasteiger partial charge on any atom is 0.417 e. The second kappa shape index (κ2) is 9.27. The van der Waals surface area contributed by atoms with Crippen molar-refractivity contribution in [2.24, 2.45) is 5.92 Å². The van der Waals surface area contributed by atoms with Crippen LogP contribution >= 0.6 is 11.6 Å². The quantitative estimate of drug-likeness (QED) is 0.393. The average molecular weight is 528 g/mol. The lowest BCUT2D eigenvalue weighted by Gasteiger charge is -2.40. The van der Waals surface area contributed by atoms with Crippen molar-refractivity contribution in [2.45, 2.75) is 32.2 Å². The highest BCUT2D eigenvalue weighted by molar-refractivity contribution is 6.31. The Labute approximate surface area is 206 Å². The highest BCUT2D eigenvalue weighted by Gasteiger charge is 2.33. The van der Waals surface area contributed by atoms with Gasteiger partial charge in [0, 0.05) is 31.8 Å². The first-order chi connectivity index (χ1) is 17.1. The molecule has 12 heteroatoms. The summed E-state index contributed by atoms with van der Waals surface area (Å²) in [6.07, 6.45) is -2.59. The number of anilines is 1. The highest BCUT2D eigenvalue weighted by Crippen LogP contribution is 2.38. The summed E-state index contributed by atoms with van der Waals surface area (Å²) in [5.41, 5.74) is -1.45. The molecule has 36 heavy (non-hydrogen) atoms. The van der Waals surface area contributed by atoms with E-state index in [0.717, 1.165) is 50.2 Å². The van der Waals surface area contributed by atoms with E-state index in [1.165, 1.54) is 0 Å². The number of hydrogen-bond acceptors (Lipinski definition) is 5. The summed E-state index contributed by atoms with van der Waals surface area (Å²) in [5.74, 6) is -2.12. The summed E-state index contributed by atoms with van der Waals surface area (Å²) in [5, 5.41) is -0.667. The zero-order chi connectivity index (χ0) is 25.6. The second-order valence-electron chi connectivity index (χ2n) is 8.72. The van der Waals surface area contributed by atoms with Gasteiger partial charge in [-0.05, 0) is 48.6 Å². The molecule has 2 bridgehead atoms. The van der Waals surface area contributed by atoms with Crippen LogP contribution in [0.15, 0.2) is 41.2 Å². The molecule has 0 N–H and O–H groups in total. The minimum absolute atomic E-state index is 0.0378. The van der Waals surface area contributed by atoms with Crippen LogP contribution in [0, 0.1) is 17.6 Å². The van der Waals surface area contributed by atoms with Gasteiger partial charge in [-0.25, -0.2) is 13.6 Å². The molecule has 0 spiro atoms. The second-order valence-corrected chi connectivity index (χ2v) is 9.13. The molecule has 0 radical (unpaired) electrons. The molecule has 1 atom stereocenters. The molecule has 0 amide bonds. The van der Waals surface area contributed by atoms with Gasteiger partial charge in [-0.2, -0.15) is 18.2 Å². The molecule has 0 aliphatic carbocycles. The molecular weight excluding hydrogens is 509 g/mol. The van der Waals surface area contributed by atoms with Crippen LogP contribution in [-0.2, 0) is 19.3 Å². The maximum atomic E-state index is 14.6. The Morgan fingerprint density at radius 3 is 2.53 bits per heavy atom. The number of rotatable bonds is 5. The van der Waals surface area contributed by atoms with Gasteiger partial charge in [-0.15, -0.1) is 0 Å². The molecule has 6 nitrogen and oxygen atoms in total. The van der Waals surface area contributed by atoms with Crippen LogP contribution in [0.25, 0.3) is 0 Å². The van der Waals surface area contributed by atoms with Crippen LogP contribution in [0.3, 0.4) is 0 Å². The maximum absolute atomic E-state index is 14.6. The molecule has 1 fully saturated rings. The van der Waals surface area contributed by atoms with E-state index in [4.69, 9.17) is 21.1 Å². The number of piperidine rings is 1. The van der Waals surface area contributed by atoms with Crippen LogP contribution in [0.4, 0.5) is 27.8 Å². The van der Waals surface area contributed by atoms with Gasteiger partial charge in [0.25, 0.3) is 0 Å². The molecule has 0 saturated carbocycles. The number of aromatic nitrogens is 2. The van der Waals surface area contributed by atoms with E-state index in [9.17, 15) is 26.7 Å². The number of halogens is 6. The monoisotopic (exact) mass is 527 g/mol. The fraction of sp³-hybridized carbons (Fsp3) is 0.333. The van der Waals surface area contributed by atoms with E-state index in [-0.39, 0.29) is 23.8 Å². The summed E-state index contributed by atoms with van der Waals surface area (Å²) < 4.78 is 80.1. The minimum Gasteiger partial charge on any atom is -0.473 e. The van der Waals surface area contributed by atoms with Crippen LogP contribution < -0.4 is 20.1 Å². The van der Waals surface area contributed by atoms with Crippen LogP contribution in [0.1, 0.15) is 24.0 Å². The third-order valence-corrected chi connectivity index (χ3v) is 6.47. The van der Waals surface area contributed by atoms with Crippen molar-refractivity contribution >= 4 is 17.4 Å². The first kappa shape index (κ1) is 24.4. The smallest absolute Gasteiger partial charge is 0.417 e. The zero-order valence-electron chi connectivity index (χ0n) is 18.6. The Morgan fingerprint density at radius 1 is 1.08 bits per heavy atom. The lowest BCUT2D eigenvalue weighted by atomic mass is 9.96. The number of nitrogens with zero attached hydrogens (tertiary/aromatic N) is 3. The molecule has 2 aliphatic rings. The zero-order valence-corrected chi connectivity index (χ0v) is 19.4. The van der Waals surface area contributed by atoms with Crippen LogP contribution in [-0.4, -0.2) is 22.6 Å². The number of hydrogen-bond donors (Lipinski definition) is 0. The molecule has 1 saturated heterocycles. The molecule has 3 heterocycles.